The molecule has 3 rings (SSSR count). The van der Waals surface area contributed by atoms with Gasteiger partial charge in [0, 0.05) is 10.6 Å². The molecule has 0 aromatic heterocycles. The molecule has 0 saturated carbocycles. The second kappa shape index (κ2) is 6.87. The minimum Gasteiger partial charge on any atom is -0.481 e. The maximum absolute atomic E-state index is 12.9. The number of carboxylic acid groups (broad SMARTS) is 1. The van der Waals surface area contributed by atoms with Crippen molar-refractivity contribution < 1.29 is 14.7 Å². The number of fused-ring (bicyclic) bond motifs is 1. The summed E-state index contributed by atoms with van der Waals surface area (Å²) in [5.74, 6) is -1.06. The van der Waals surface area contributed by atoms with Gasteiger partial charge in [-0.25, -0.2) is 0 Å². The second-order valence-corrected chi connectivity index (χ2v) is 6.55. The van der Waals surface area contributed by atoms with Gasteiger partial charge < -0.3 is 10.0 Å². The van der Waals surface area contributed by atoms with Crippen molar-refractivity contribution >= 4 is 29.3 Å². The fourth-order valence-electron chi connectivity index (χ4n) is 2.69. The SMILES string of the molecule is O=C(O)CC1CSc2ccccc2N(Cc2ccccc2)C1=O. The molecule has 2 aromatic carbocycles. The number of aliphatic carboxylic acids is 1. The van der Waals surface area contributed by atoms with Gasteiger partial charge in [-0.2, -0.15) is 0 Å². The molecule has 1 heterocycles. The van der Waals surface area contributed by atoms with Crippen molar-refractivity contribution in [2.24, 2.45) is 5.92 Å². The Balaban J connectivity index is 1.96. The standard InChI is InChI=1S/C18H17NO3S/c20-17(21)10-14-12-23-16-9-5-4-8-15(16)19(18(14)22)11-13-6-2-1-3-7-13/h1-9,14H,10-12H2,(H,20,21). The van der Waals surface area contributed by atoms with Gasteiger partial charge in [-0.05, 0) is 17.7 Å². The first-order chi connectivity index (χ1) is 11.1. The number of hydrogen-bond acceptors (Lipinski definition) is 3. The highest BCUT2D eigenvalue weighted by Gasteiger charge is 2.32. The first kappa shape index (κ1) is 15.6. The minimum atomic E-state index is -0.936. The van der Waals surface area contributed by atoms with Crippen LogP contribution in [-0.4, -0.2) is 22.7 Å². The molecular weight excluding hydrogens is 310 g/mol. The fraction of sp³-hybridized carbons (Fsp3) is 0.222. The molecule has 1 atom stereocenters. The molecule has 5 heteroatoms. The van der Waals surface area contributed by atoms with Crippen LogP contribution in [-0.2, 0) is 16.1 Å². The summed E-state index contributed by atoms with van der Waals surface area (Å²) >= 11 is 1.55. The Kier molecular flexibility index (Phi) is 4.67. The number of anilines is 1. The van der Waals surface area contributed by atoms with Crippen LogP contribution in [0.15, 0.2) is 59.5 Å². The first-order valence-corrected chi connectivity index (χ1v) is 8.42. The van der Waals surface area contributed by atoms with Crippen molar-refractivity contribution in [1.82, 2.24) is 0 Å². The molecule has 0 saturated heterocycles. The van der Waals surface area contributed by atoms with E-state index in [0.29, 0.717) is 12.3 Å². The summed E-state index contributed by atoms with van der Waals surface area (Å²) in [5, 5.41) is 9.09. The van der Waals surface area contributed by atoms with E-state index >= 15 is 0 Å². The number of hydrogen-bond donors (Lipinski definition) is 1. The highest BCUT2D eigenvalue weighted by Crippen LogP contribution is 2.37. The molecular formula is C18H17NO3S. The molecule has 0 radical (unpaired) electrons. The maximum atomic E-state index is 12.9. The van der Waals surface area contributed by atoms with Gasteiger partial charge in [0.05, 0.1) is 24.6 Å². The van der Waals surface area contributed by atoms with E-state index in [4.69, 9.17) is 5.11 Å². The van der Waals surface area contributed by atoms with Crippen molar-refractivity contribution in [1.29, 1.82) is 0 Å². The number of amides is 1. The maximum Gasteiger partial charge on any atom is 0.304 e. The van der Waals surface area contributed by atoms with E-state index in [0.717, 1.165) is 16.1 Å². The van der Waals surface area contributed by atoms with Crippen LogP contribution in [0.3, 0.4) is 0 Å². The average molecular weight is 327 g/mol. The third-order valence-corrected chi connectivity index (χ3v) is 5.04. The van der Waals surface area contributed by atoms with Crippen LogP contribution < -0.4 is 4.90 Å². The van der Waals surface area contributed by atoms with Crippen LogP contribution in [0.1, 0.15) is 12.0 Å². The number of nitrogens with zero attached hydrogens (tertiary/aromatic N) is 1. The normalized spacial score (nSPS) is 17.5. The summed E-state index contributed by atoms with van der Waals surface area (Å²) < 4.78 is 0. The highest BCUT2D eigenvalue weighted by molar-refractivity contribution is 7.99. The molecule has 1 aliphatic heterocycles. The first-order valence-electron chi connectivity index (χ1n) is 7.44. The highest BCUT2D eigenvalue weighted by atomic mass is 32.2. The predicted molar refractivity (Wildman–Crippen MR) is 90.5 cm³/mol. The van der Waals surface area contributed by atoms with Crippen LogP contribution in [0, 0.1) is 5.92 Å². The summed E-state index contributed by atoms with van der Waals surface area (Å²) in [4.78, 5) is 26.7. The number of rotatable bonds is 4. The topological polar surface area (TPSA) is 57.6 Å². The molecule has 0 fully saturated rings. The lowest BCUT2D eigenvalue weighted by Gasteiger charge is -2.25. The lowest BCUT2D eigenvalue weighted by molar-refractivity contribution is -0.140. The van der Waals surface area contributed by atoms with E-state index in [2.05, 4.69) is 0 Å². The summed E-state index contributed by atoms with van der Waals surface area (Å²) in [5.41, 5.74) is 1.89. The van der Waals surface area contributed by atoms with Gasteiger partial charge >= 0.3 is 5.97 Å². The summed E-state index contributed by atoms with van der Waals surface area (Å²) in [6, 6.07) is 17.5. The summed E-state index contributed by atoms with van der Waals surface area (Å²) in [6.07, 6.45) is -0.134. The van der Waals surface area contributed by atoms with Crippen molar-refractivity contribution in [3.8, 4) is 0 Å². The largest absolute Gasteiger partial charge is 0.481 e. The molecule has 1 aliphatic rings. The van der Waals surface area contributed by atoms with Gasteiger partial charge in [0.25, 0.3) is 0 Å². The van der Waals surface area contributed by atoms with Crippen LogP contribution in [0.5, 0.6) is 0 Å². The number of carboxylic acids is 1. The molecule has 1 unspecified atom stereocenters. The Morgan fingerprint density at radius 2 is 1.83 bits per heavy atom. The van der Waals surface area contributed by atoms with Crippen LogP contribution in [0.25, 0.3) is 0 Å². The van der Waals surface area contributed by atoms with Gasteiger partial charge in [0.1, 0.15) is 0 Å². The Morgan fingerprint density at radius 1 is 1.13 bits per heavy atom. The van der Waals surface area contributed by atoms with Gasteiger partial charge in [0.2, 0.25) is 5.91 Å². The number of para-hydroxylation sites is 1. The Hall–Kier alpha value is -2.27. The van der Waals surface area contributed by atoms with E-state index in [1.54, 1.807) is 16.7 Å². The van der Waals surface area contributed by atoms with Gasteiger partial charge in [-0.15, -0.1) is 11.8 Å². The van der Waals surface area contributed by atoms with Gasteiger partial charge in [0.15, 0.2) is 0 Å². The van der Waals surface area contributed by atoms with Gasteiger partial charge in [-0.3, -0.25) is 9.59 Å². The zero-order chi connectivity index (χ0) is 16.2. The summed E-state index contributed by atoms with van der Waals surface area (Å²) in [6.45, 7) is 0.452. The smallest absolute Gasteiger partial charge is 0.304 e. The molecule has 23 heavy (non-hydrogen) atoms. The zero-order valence-corrected chi connectivity index (χ0v) is 13.3. The fourth-order valence-corrected chi connectivity index (χ4v) is 3.83. The van der Waals surface area contributed by atoms with Crippen LogP contribution in [0.4, 0.5) is 5.69 Å². The van der Waals surface area contributed by atoms with E-state index in [1.165, 1.54) is 0 Å². The second-order valence-electron chi connectivity index (χ2n) is 5.48. The third-order valence-electron chi connectivity index (χ3n) is 3.82. The minimum absolute atomic E-state index is 0.117. The van der Waals surface area contributed by atoms with Crippen molar-refractivity contribution in [2.45, 2.75) is 17.9 Å². The van der Waals surface area contributed by atoms with E-state index < -0.39 is 11.9 Å². The van der Waals surface area contributed by atoms with Crippen LogP contribution in [0.2, 0.25) is 0 Å². The molecule has 1 amide bonds. The Bertz CT molecular complexity index is 717. The summed E-state index contributed by atoms with van der Waals surface area (Å²) in [7, 11) is 0. The molecule has 4 nitrogen and oxygen atoms in total. The molecule has 0 spiro atoms. The van der Waals surface area contributed by atoms with E-state index in [-0.39, 0.29) is 12.3 Å². The van der Waals surface area contributed by atoms with Crippen LogP contribution >= 0.6 is 11.8 Å². The van der Waals surface area contributed by atoms with E-state index in [9.17, 15) is 9.59 Å². The third kappa shape index (κ3) is 3.56. The van der Waals surface area contributed by atoms with E-state index in [1.807, 2.05) is 54.6 Å². The number of benzene rings is 2. The zero-order valence-electron chi connectivity index (χ0n) is 12.5. The average Bonchev–Trinajstić information content (AvgIpc) is 2.68. The predicted octanol–water partition coefficient (Wildman–Crippen LogP) is 3.42. The number of thioether (sulfide) groups is 1. The Labute approximate surface area is 139 Å². The van der Waals surface area contributed by atoms with Crippen molar-refractivity contribution in [3.63, 3.8) is 0 Å². The van der Waals surface area contributed by atoms with Gasteiger partial charge in [-0.1, -0.05) is 42.5 Å². The monoisotopic (exact) mass is 327 g/mol. The number of carbonyl (C=O) groups is 2. The quantitative estimate of drug-likeness (QED) is 0.935. The molecule has 0 bridgehead atoms. The Morgan fingerprint density at radius 3 is 2.57 bits per heavy atom. The molecule has 1 N–H and O–H groups in total. The molecule has 0 aliphatic carbocycles. The lowest BCUT2D eigenvalue weighted by atomic mass is 10.0. The lowest BCUT2D eigenvalue weighted by Crippen LogP contribution is -2.36. The van der Waals surface area contributed by atoms with Crippen molar-refractivity contribution in [3.05, 3.63) is 60.2 Å². The number of carbonyl (C=O) groups excluding carboxylic acids is 1. The molecule has 118 valence electrons. The van der Waals surface area contributed by atoms with Crippen molar-refractivity contribution in [2.75, 3.05) is 10.7 Å². The molecule has 2 aromatic rings.